The molecule has 1 N–H and O–H groups in total. The third-order valence-electron chi connectivity index (χ3n) is 2.79. The molecule has 0 atom stereocenters. The highest BCUT2D eigenvalue weighted by molar-refractivity contribution is 6.52. The van der Waals surface area contributed by atoms with E-state index in [-0.39, 0.29) is 0 Å². The number of Topliss-reactive ketones (excluding diaryl/α,β-unsaturated/α-hetero) is 1. The molecule has 18 heavy (non-hydrogen) atoms. The van der Waals surface area contributed by atoms with Crippen molar-refractivity contribution in [3.8, 4) is 12.3 Å². The lowest BCUT2D eigenvalue weighted by Gasteiger charge is -2.22. The van der Waals surface area contributed by atoms with Crippen LogP contribution in [0.15, 0.2) is 12.1 Å². The summed E-state index contributed by atoms with van der Waals surface area (Å²) in [5.41, 5.74) is 1.51. The lowest BCUT2D eigenvalue weighted by atomic mass is 10.1. The molecule has 1 aliphatic rings. The van der Waals surface area contributed by atoms with Gasteiger partial charge in [0, 0.05) is 6.54 Å². The number of nitrogens with zero attached hydrogens (tertiary/aromatic N) is 1. The normalized spacial score (nSPS) is 12.9. The number of amides is 1. The van der Waals surface area contributed by atoms with Gasteiger partial charge in [-0.1, -0.05) is 17.5 Å². The van der Waals surface area contributed by atoms with Crippen LogP contribution in [0.1, 0.15) is 17.3 Å². The van der Waals surface area contributed by atoms with Crippen molar-refractivity contribution >= 4 is 34.7 Å². The van der Waals surface area contributed by atoms with Gasteiger partial charge in [-0.25, -0.2) is 0 Å². The molecule has 0 radical (unpaired) electrons. The summed E-state index contributed by atoms with van der Waals surface area (Å²) in [7, 11) is 0. The van der Waals surface area contributed by atoms with Gasteiger partial charge in [0.2, 0.25) is 0 Å². The van der Waals surface area contributed by atoms with E-state index in [9.17, 15) is 9.59 Å². The Balaban J connectivity index is 2.47. The number of ketones is 1. The molecule has 0 aliphatic carbocycles. The zero-order valence-corrected chi connectivity index (χ0v) is 10.5. The van der Waals surface area contributed by atoms with Gasteiger partial charge in [0.1, 0.15) is 0 Å². The molecule has 0 unspecified atom stereocenters. The number of hydrogen-bond acceptors (Lipinski definition) is 3. The maximum Gasteiger partial charge on any atom is 0.296 e. The summed E-state index contributed by atoms with van der Waals surface area (Å²) in [4.78, 5) is 24.7. The van der Waals surface area contributed by atoms with Crippen molar-refractivity contribution in [2.45, 2.75) is 6.92 Å². The van der Waals surface area contributed by atoms with Crippen LogP contribution in [-0.2, 0) is 4.79 Å². The first-order valence-electron chi connectivity index (χ1n) is 5.46. The molecule has 4 nitrogen and oxygen atoms in total. The number of anilines is 2. The second-order valence-electron chi connectivity index (χ2n) is 3.85. The second-order valence-corrected chi connectivity index (χ2v) is 4.26. The minimum Gasteiger partial charge on any atom is -0.359 e. The lowest BCUT2D eigenvalue weighted by Crippen LogP contribution is -2.23. The number of terminal acetylenes is 1. The molecule has 0 spiro atoms. The molecule has 0 aromatic heterocycles. The standard InChI is InChI=1S/C13H11ClN2O2/c1-3-5-16(4-2)11-7-10-8(6-9(11)14)12(17)13(18)15-10/h1,6-7H,4-5H2,2H3,(H,15,17,18). The number of halogens is 1. The Hall–Kier alpha value is -1.99. The maximum absolute atomic E-state index is 11.5. The first-order valence-corrected chi connectivity index (χ1v) is 5.84. The summed E-state index contributed by atoms with van der Waals surface area (Å²) in [6.07, 6.45) is 5.29. The van der Waals surface area contributed by atoms with Gasteiger partial charge in [-0.2, -0.15) is 0 Å². The molecule has 2 rings (SSSR count). The van der Waals surface area contributed by atoms with Crippen LogP contribution in [0.4, 0.5) is 11.4 Å². The highest BCUT2D eigenvalue weighted by Crippen LogP contribution is 2.34. The Labute approximate surface area is 110 Å². The van der Waals surface area contributed by atoms with Gasteiger partial charge in [0.15, 0.2) is 0 Å². The molecule has 1 aromatic carbocycles. The molecule has 0 fully saturated rings. The summed E-state index contributed by atoms with van der Waals surface area (Å²) < 4.78 is 0. The van der Waals surface area contributed by atoms with E-state index in [2.05, 4.69) is 11.2 Å². The zero-order chi connectivity index (χ0) is 13.3. The van der Waals surface area contributed by atoms with Gasteiger partial charge in [0.05, 0.1) is 28.5 Å². The van der Waals surface area contributed by atoms with Crippen molar-refractivity contribution in [3.05, 3.63) is 22.7 Å². The zero-order valence-electron chi connectivity index (χ0n) is 9.79. The van der Waals surface area contributed by atoms with Crippen LogP contribution >= 0.6 is 11.6 Å². The van der Waals surface area contributed by atoms with Gasteiger partial charge in [-0.15, -0.1) is 6.42 Å². The van der Waals surface area contributed by atoms with Gasteiger partial charge in [0.25, 0.3) is 11.7 Å². The summed E-state index contributed by atoms with van der Waals surface area (Å²) in [5.74, 6) is 1.36. The molecule has 5 heteroatoms. The van der Waals surface area contributed by atoms with Crippen LogP contribution in [0, 0.1) is 12.3 Å². The van der Waals surface area contributed by atoms with Crippen molar-refractivity contribution in [1.29, 1.82) is 0 Å². The van der Waals surface area contributed by atoms with Crippen molar-refractivity contribution in [1.82, 2.24) is 0 Å². The van der Waals surface area contributed by atoms with E-state index in [0.717, 1.165) is 0 Å². The number of hydrogen-bond donors (Lipinski definition) is 1. The summed E-state index contributed by atoms with van der Waals surface area (Å²) in [5, 5.41) is 2.92. The van der Waals surface area contributed by atoms with Crippen molar-refractivity contribution in [3.63, 3.8) is 0 Å². The fraction of sp³-hybridized carbons (Fsp3) is 0.231. The molecule has 92 valence electrons. The molecule has 1 aliphatic heterocycles. The molecule has 1 aromatic rings. The SMILES string of the molecule is C#CCN(CC)c1cc2c(cc1Cl)C(=O)C(=O)N2. The summed E-state index contributed by atoms with van der Waals surface area (Å²) in [6.45, 7) is 3.05. The van der Waals surface area contributed by atoms with Crippen LogP contribution in [0.2, 0.25) is 5.02 Å². The highest BCUT2D eigenvalue weighted by Gasteiger charge is 2.29. The Kier molecular flexibility index (Phi) is 3.26. The molecular formula is C13H11ClN2O2. The van der Waals surface area contributed by atoms with E-state index in [1.807, 2.05) is 11.8 Å². The summed E-state index contributed by atoms with van der Waals surface area (Å²) in [6, 6.07) is 3.19. The molecule has 0 saturated carbocycles. The van der Waals surface area contributed by atoms with Crippen LogP contribution in [0.3, 0.4) is 0 Å². The number of fused-ring (bicyclic) bond motifs is 1. The van der Waals surface area contributed by atoms with E-state index < -0.39 is 11.7 Å². The molecule has 1 amide bonds. The Morgan fingerprint density at radius 2 is 2.17 bits per heavy atom. The number of rotatable bonds is 3. The monoisotopic (exact) mass is 262 g/mol. The fourth-order valence-electron chi connectivity index (χ4n) is 1.87. The van der Waals surface area contributed by atoms with E-state index >= 15 is 0 Å². The molecular weight excluding hydrogens is 252 g/mol. The number of carbonyl (C=O) groups excluding carboxylic acids is 2. The predicted octanol–water partition coefficient (Wildman–Crippen LogP) is 1.93. The second kappa shape index (κ2) is 4.71. The van der Waals surface area contributed by atoms with Gasteiger partial charge in [-0.05, 0) is 19.1 Å². The first kappa shape index (κ1) is 12.5. The smallest absolute Gasteiger partial charge is 0.296 e. The average Bonchev–Trinajstić information content (AvgIpc) is 2.62. The first-order chi connectivity index (χ1) is 8.58. The minimum atomic E-state index is -0.627. The Morgan fingerprint density at radius 3 is 2.78 bits per heavy atom. The number of nitrogens with one attached hydrogen (secondary N) is 1. The quantitative estimate of drug-likeness (QED) is 0.669. The van der Waals surface area contributed by atoms with Gasteiger partial charge < -0.3 is 10.2 Å². The lowest BCUT2D eigenvalue weighted by molar-refractivity contribution is -0.112. The largest absolute Gasteiger partial charge is 0.359 e. The third kappa shape index (κ3) is 1.93. The van der Waals surface area contributed by atoms with Crippen LogP contribution in [0.25, 0.3) is 0 Å². The fourth-order valence-corrected chi connectivity index (χ4v) is 2.16. The Morgan fingerprint density at radius 1 is 1.44 bits per heavy atom. The van der Waals surface area contributed by atoms with Crippen LogP contribution < -0.4 is 10.2 Å². The van der Waals surface area contributed by atoms with Crippen molar-refractivity contribution < 1.29 is 9.59 Å². The van der Waals surface area contributed by atoms with Crippen molar-refractivity contribution in [2.75, 3.05) is 23.3 Å². The third-order valence-corrected chi connectivity index (χ3v) is 3.09. The van der Waals surface area contributed by atoms with Crippen LogP contribution in [0.5, 0.6) is 0 Å². The van der Waals surface area contributed by atoms with E-state index in [4.69, 9.17) is 18.0 Å². The number of benzene rings is 1. The van der Waals surface area contributed by atoms with Gasteiger partial charge in [-0.3, -0.25) is 9.59 Å². The molecule has 0 saturated heterocycles. The van der Waals surface area contributed by atoms with E-state index in [1.54, 1.807) is 6.07 Å². The minimum absolute atomic E-state index is 0.311. The van der Waals surface area contributed by atoms with Crippen LogP contribution in [-0.4, -0.2) is 24.8 Å². The molecule has 1 heterocycles. The average molecular weight is 263 g/mol. The Bertz CT molecular complexity index is 575. The topological polar surface area (TPSA) is 49.4 Å². The number of carbonyl (C=O) groups is 2. The van der Waals surface area contributed by atoms with E-state index in [0.29, 0.717) is 35.1 Å². The maximum atomic E-state index is 11.5. The van der Waals surface area contributed by atoms with Crippen molar-refractivity contribution in [2.24, 2.45) is 0 Å². The van der Waals surface area contributed by atoms with E-state index in [1.165, 1.54) is 6.07 Å². The summed E-state index contributed by atoms with van der Waals surface area (Å²) >= 11 is 6.13. The predicted molar refractivity (Wildman–Crippen MR) is 71.1 cm³/mol. The highest BCUT2D eigenvalue weighted by atomic mass is 35.5. The molecule has 0 bridgehead atoms. The van der Waals surface area contributed by atoms with Gasteiger partial charge >= 0.3 is 0 Å².